The molecule has 0 aliphatic carbocycles. The van der Waals surface area contributed by atoms with Crippen LogP contribution in [0, 0.1) is 0 Å². The maximum atomic E-state index is 12.7. The van der Waals surface area contributed by atoms with E-state index in [1.807, 2.05) is 45.0 Å². The number of aromatic amines is 1. The van der Waals surface area contributed by atoms with E-state index in [2.05, 4.69) is 4.98 Å². The first-order chi connectivity index (χ1) is 9.84. The Kier molecular flexibility index (Phi) is 4.23. The highest BCUT2D eigenvalue weighted by Gasteiger charge is 2.18. The Balaban J connectivity index is 2.86. The third-order valence-electron chi connectivity index (χ3n) is 3.27. The maximum absolute atomic E-state index is 12.7. The second kappa shape index (κ2) is 5.77. The molecule has 0 bridgehead atoms. The van der Waals surface area contributed by atoms with Crippen molar-refractivity contribution in [3.63, 3.8) is 0 Å². The van der Waals surface area contributed by atoms with E-state index in [0.717, 1.165) is 10.3 Å². The van der Waals surface area contributed by atoms with Crippen LogP contribution >= 0.6 is 11.6 Å². The van der Waals surface area contributed by atoms with E-state index >= 15 is 0 Å². The summed E-state index contributed by atoms with van der Waals surface area (Å²) in [7, 11) is 3.72. The molecule has 0 unspecified atom stereocenters. The number of benzene rings is 1. The number of nitrogens with zero attached hydrogens (tertiary/aromatic N) is 2. The van der Waals surface area contributed by atoms with Crippen molar-refractivity contribution in [1.82, 2.24) is 9.55 Å². The van der Waals surface area contributed by atoms with Crippen LogP contribution in [0.5, 0.6) is 0 Å². The molecule has 21 heavy (non-hydrogen) atoms. The summed E-state index contributed by atoms with van der Waals surface area (Å²) < 4.78 is 1.14. The predicted octanol–water partition coefficient (Wildman–Crippen LogP) is 2.37. The van der Waals surface area contributed by atoms with Gasteiger partial charge in [-0.25, -0.2) is 9.36 Å². The number of anilines is 1. The van der Waals surface area contributed by atoms with Gasteiger partial charge < -0.3 is 4.90 Å². The fourth-order valence-electron chi connectivity index (χ4n) is 2.27. The molecule has 6 heteroatoms. The zero-order valence-electron chi connectivity index (χ0n) is 12.5. The van der Waals surface area contributed by atoms with Crippen LogP contribution in [-0.2, 0) is 0 Å². The summed E-state index contributed by atoms with van der Waals surface area (Å²) in [5, 5.41) is 0.110. The topological polar surface area (TPSA) is 58.1 Å². The van der Waals surface area contributed by atoms with Crippen molar-refractivity contribution in [2.75, 3.05) is 19.0 Å². The third kappa shape index (κ3) is 2.74. The number of aromatic nitrogens is 2. The number of nitrogens with one attached hydrogen (secondary N) is 1. The Labute approximate surface area is 127 Å². The lowest BCUT2D eigenvalue weighted by atomic mass is 10.1. The smallest absolute Gasteiger partial charge is 0.334 e. The van der Waals surface area contributed by atoms with E-state index in [4.69, 9.17) is 11.6 Å². The van der Waals surface area contributed by atoms with E-state index in [0.29, 0.717) is 11.3 Å². The van der Waals surface area contributed by atoms with Crippen LogP contribution in [0.25, 0.3) is 5.69 Å². The zero-order chi connectivity index (χ0) is 15.7. The van der Waals surface area contributed by atoms with Crippen LogP contribution in [0.15, 0.2) is 33.9 Å². The Morgan fingerprint density at radius 1 is 1.19 bits per heavy atom. The van der Waals surface area contributed by atoms with Gasteiger partial charge in [-0.15, -0.1) is 0 Å². The summed E-state index contributed by atoms with van der Waals surface area (Å²) in [6.45, 7) is 3.73. The van der Waals surface area contributed by atoms with Crippen molar-refractivity contribution in [2.45, 2.75) is 19.8 Å². The molecule has 0 radical (unpaired) electrons. The van der Waals surface area contributed by atoms with E-state index in [1.54, 1.807) is 12.1 Å². The van der Waals surface area contributed by atoms with Gasteiger partial charge in [-0.1, -0.05) is 37.6 Å². The minimum Gasteiger partial charge on any atom is -0.376 e. The summed E-state index contributed by atoms with van der Waals surface area (Å²) in [4.78, 5) is 29.3. The number of para-hydroxylation sites is 2. The number of rotatable bonds is 3. The van der Waals surface area contributed by atoms with Gasteiger partial charge in [0.1, 0.15) is 5.15 Å². The molecule has 0 aliphatic rings. The molecule has 0 aliphatic heterocycles. The van der Waals surface area contributed by atoms with Gasteiger partial charge in [-0.3, -0.25) is 9.78 Å². The molecule has 112 valence electrons. The SMILES string of the molecule is CC(C)c1c(Cl)[nH]c(=O)n(-c2ccccc2N(C)C)c1=O. The number of halogens is 1. The molecule has 5 nitrogen and oxygen atoms in total. The summed E-state index contributed by atoms with van der Waals surface area (Å²) in [5.74, 6) is -0.0837. The molecule has 0 saturated heterocycles. The fourth-order valence-corrected chi connectivity index (χ4v) is 2.65. The monoisotopic (exact) mass is 307 g/mol. The van der Waals surface area contributed by atoms with Gasteiger partial charge in [-0.05, 0) is 18.1 Å². The van der Waals surface area contributed by atoms with Crippen LogP contribution in [0.2, 0.25) is 5.15 Å². The molecule has 0 amide bonds. The van der Waals surface area contributed by atoms with Crippen LogP contribution in [-0.4, -0.2) is 23.6 Å². The van der Waals surface area contributed by atoms with Crippen LogP contribution in [0.3, 0.4) is 0 Å². The van der Waals surface area contributed by atoms with Gasteiger partial charge in [0.15, 0.2) is 0 Å². The molecular weight excluding hydrogens is 290 g/mol. The number of hydrogen-bond acceptors (Lipinski definition) is 3. The van der Waals surface area contributed by atoms with Crippen molar-refractivity contribution in [3.8, 4) is 5.69 Å². The quantitative estimate of drug-likeness (QED) is 0.886. The maximum Gasteiger partial charge on any atom is 0.334 e. The van der Waals surface area contributed by atoms with Gasteiger partial charge >= 0.3 is 5.69 Å². The van der Waals surface area contributed by atoms with Gasteiger partial charge in [0, 0.05) is 14.1 Å². The summed E-state index contributed by atoms with van der Waals surface area (Å²) in [6, 6.07) is 7.24. The van der Waals surface area contributed by atoms with Gasteiger partial charge in [0.25, 0.3) is 5.56 Å². The lowest BCUT2D eigenvalue weighted by Gasteiger charge is -2.19. The van der Waals surface area contributed by atoms with E-state index in [9.17, 15) is 9.59 Å². The average molecular weight is 308 g/mol. The second-order valence-electron chi connectivity index (χ2n) is 5.34. The summed E-state index contributed by atoms with van der Waals surface area (Å²) >= 11 is 6.01. The van der Waals surface area contributed by atoms with Gasteiger partial charge in [0.05, 0.1) is 16.9 Å². The summed E-state index contributed by atoms with van der Waals surface area (Å²) in [6.07, 6.45) is 0. The number of hydrogen-bond donors (Lipinski definition) is 1. The predicted molar refractivity (Wildman–Crippen MR) is 86.1 cm³/mol. The van der Waals surface area contributed by atoms with Gasteiger partial charge in [0.2, 0.25) is 0 Å². The molecule has 0 fully saturated rings. The third-order valence-corrected chi connectivity index (χ3v) is 3.57. The Morgan fingerprint density at radius 2 is 1.81 bits per heavy atom. The van der Waals surface area contributed by atoms with Crippen LogP contribution in [0.1, 0.15) is 25.3 Å². The minimum absolute atomic E-state index is 0.0837. The molecule has 1 aromatic carbocycles. The van der Waals surface area contributed by atoms with Crippen molar-refractivity contribution in [1.29, 1.82) is 0 Å². The molecule has 0 spiro atoms. The first-order valence-electron chi connectivity index (χ1n) is 6.66. The zero-order valence-corrected chi connectivity index (χ0v) is 13.2. The van der Waals surface area contributed by atoms with E-state index in [1.165, 1.54) is 0 Å². The standard InChI is InChI=1S/C15H18ClN3O2/c1-9(2)12-13(16)17-15(21)19(14(12)20)11-8-6-5-7-10(11)18(3)4/h5-9H,1-4H3,(H,17,21). The van der Waals surface area contributed by atoms with Crippen molar-refractivity contribution in [2.24, 2.45) is 0 Å². The molecule has 0 atom stereocenters. The fraction of sp³-hybridized carbons (Fsp3) is 0.333. The normalized spacial score (nSPS) is 11.0. The molecule has 1 aromatic heterocycles. The van der Waals surface area contributed by atoms with Crippen molar-refractivity contribution >= 4 is 17.3 Å². The Hall–Kier alpha value is -2.01. The molecule has 1 N–H and O–H groups in total. The average Bonchev–Trinajstić information content (AvgIpc) is 2.37. The first-order valence-corrected chi connectivity index (χ1v) is 7.03. The molecule has 2 rings (SSSR count). The lowest BCUT2D eigenvalue weighted by Crippen LogP contribution is -2.37. The van der Waals surface area contributed by atoms with Gasteiger partial charge in [-0.2, -0.15) is 0 Å². The summed E-state index contributed by atoms with van der Waals surface area (Å²) in [5.41, 5.74) is 0.802. The molecular formula is C15H18ClN3O2. The largest absolute Gasteiger partial charge is 0.376 e. The first kappa shape index (κ1) is 15.4. The minimum atomic E-state index is -0.538. The lowest BCUT2D eigenvalue weighted by molar-refractivity contribution is 0.776. The van der Waals surface area contributed by atoms with Crippen LogP contribution in [0.4, 0.5) is 5.69 Å². The number of H-pyrrole nitrogens is 1. The Bertz CT molecular complexity index is 775. The molecule has 2 aromatic rings. The molecule has 0 saturated carbocycles. The Morgan fingerprint density at radius 3 is 2.38 bits per heavy atom. The second-order valence-corrected chi connectivity index (χ2v) is 5.71. The van der Waals surface area contributed by atoms with E-state index < -0.39 is 5.69 Å². The van der Waals surface area contributed by atoms with Crippen molar-refractivity contribution < 1.29 is 0 Å². The highest BCUT2D eigenvalue weighted by atomic mass is 35.5. The molecule has 1 heterocycles. The van der Waals surface area contributed by atoms with E-state index in [-0.39, 0.29) is 16.6 Å². The van der Waals surface area contributed by atoms with Crippen molar-refractivity contribution in [3.05, 3.63) is 55.8 Å². The highest BCUT2D eigenvalue weighted by Crippen LogP contribution is 2.22. The highest BCUT2D eigenvalue weighted by molar-refractivity contribution is 6.30. The van der Waals surface area contributed by atoms with Crippen LogP contribution < -0.4 is 16.1 Å².